The second-order valence-electron chi connectivity index (χ2n) is 5.03. The van der Waals surface area contributed by atoms with Crippen molar-refractivity contribution < 1.29 is 4.79 Å². The Morgan fingerprint density at radius 1 is 1.15 bits per heavy atom. The summed E-state index contributed by atoms with van der Waals surface area (Å²) in [5.74, 6) is 0.381. The summed E-state index contributed by atoms with van der Waals surface area (Å²) in [6.07, 6.45) is 5.22. The standard InChI is InChI=1S/C15H16N4O/c1-10-2-4-13(5-3-10)19-15-16-8-11(9-17-15)14(20)18-12-6-7-12/h2-5,8-9,12H,6-7H2,1H3,(H,18,20)(H,16,17,19). The average molecular weight is 268 g/mol. The predicted octanol–water partition coefficient (Wildman–Crippen LogP) is 2.42. The molecule has 0 bridgehead atoms. The van der Waals surface area contributed by atoms with Crippen LogP contribution in [0, 0.1) is 6.92 Å². The minimum atomic E-state index is -0.102. The molecule has 1 fully saturated rings. The van der Waals surface area contributed by atoms with Gasteiger partial charge >= 0.3 is 0 Å². The van der Waals surface area contributed by atoms with Crippen molar-refractivity contribution >= 4 is 17.5 Å². The van der Waals surface area contributed by atoms with E-state index >= 15 is 0 Å². The van der Waals surface area contributed by atoms with E-state index in [4.69, 9.17) is 0 Å². The van der Waals surface area contributed by atoms with Crippen LogP contribution in [0.1, 0.15) is 28.8 Å². The number of nitrogens with zero attached hydrogens (tertiary/aromatic N) is 2. The number of aromatic nitrogens is 2. The van der Waals surface area contributed by atoms with Crippen molar-refractivity contribution in [2.45, 2.75) is 25.8 Å². The zero-order valence-corrected chi connectivity index (χ0v) is 11.3. The van der Waals surface area contributed by atoms with Gasteiger partial charge in [0.15, 0.2) is 0 Å². The average Bonchev–Trinajstić information content (AvgIpc) is 3.26. The van der Waals surface area contributed by atoms with Crippen molar-refractivity contribution in [3.05, 3.63) is 47.8 Å². The SMILES string of the molecule is Cc1ccc(Nc2ncc(C(=O)NC3CC3)cn2)cc1. The molecule has 1 saturated carbocycles. The number of aryl methyl sites for hydroxylation is 1. The van der Waals surface area contributed by atoms with Crippen molar-refractivity contribution in [2.24, 2.45) is 0 Å². The molecule has 3 rings (SSSR count). The van der Waals surface area contributed by atoms with Gasteiger partial charge in [0.05, 0.1) is 5.56 Å². The highest BCUT2D eigenvalue weighted by Gasteiger charge is 2.23. The molecule has 0 spiro atoms. The summed E-state index contributed by atoms with van der Waals surface area (Å²) in [5.41, 5.74) is 2.61. The second kappa shape index (κ2) is 5.28. The van der Waals surface area contributed by atoms with Gasteiger partial charge in [-0.15, -0.1) is 0 Å². The topological polar surface area (TPSA) is 66.9 Å². The van der Waals surface area contributed by atoms with Crippen molar-refractivity contribution in [3.63, 3.8) is 0 Å². The monoisotopic (exact) mass is 268 g/mol. The second-order valence-corrected chi connectivity index (χ2v) is 5.03. The summed E-state index contributed by atoms with van der Waals surface area (Å²) in [6, 6.07) is 8.30. The Morgan fingerprint density at radius 3 is 2.40 bits per heavy atom. The lowest BCUT2D eigenvalue weighted by Crippen LogP contribution is -2.25. The lowest BCUT2D eigenvalue weighted by Gasteiger charge is -2.06. The number of anilines is 2. The van der Waals surface area contributed by atoms with Crippen molar-refractivity contribution in [2.75, 3.05) is 5.32 Å². The Bertz CT molecular complexity index is 603. The summed E-state index contributed by atoms with van der Waals surface area (Å²) in [6.45, 7) is 2.04. The van der Waals surface area contributed by atoms with Gasteiger partial charge in [0.1, 0.15) is 0 Å². The number of benzene rings is 1. The largest absolute Gasteiger partial charge is 0.349 e. The van der Waals surface area contributed by atoms with Gasteiger partial charge < -0.3 is 10.6 Å². The maximum absolute atomic E-state index is 11.8. The molecule has 5 nitrogen and oxygen atoms in total. The highest BCUT2D eigenvalue weighted by Crippen LogP contribution is 2.19. The molecular weight excluding hydrogens is 252 g/mol. The molecule has 0 saturated heterocycles. The molecule has 20 heavy (non-hydrogen) atoms. The number of hydrogen-bond donors (Lipinski definition) is 2. The fraction of sp³-hybridized carbons (Fsp3) is 0.267. The first-order valence-corrected chi connectivity index (χ1v) is 6.67. The van der Waals surface area contributed by atoms with Crippen LogP contribution in [0.25, 0.3) is 0 Å². The Labute approximate surface area is 117 Å². The Hall–Kier alpha value is -2.43. The molecule has 0 radical (unpaired) electrons. The van der Waals surface area contributed by atoms with E-state index in [-0.39, 0.29) is 5.91 Å². The van der Waals surface area contributed by atoms with Crippen LogP contribution in [0.3, 0.4) is 0 Å². The molecule has 1 aliphatic carbocycles. The lowest BCUT2D eigenvalue weighted by atomic mass is 10.2. The van der Waals surface area contributed by atoms with E-state index in [0.717, 1.165) is 18.5 Å². The first kappa shape index (κ1) is 12.6. The fourth-order valence-electron chi connectivity index (χ4n) is 1.77. The van der Waals surface area contributed by atoms with Gasteiger partial charge in [-0.25, -0.2) is 9.97 Å². The van der Waals surface area contributed by atoms with E-state index in [1.54, 1.807) is 12.4 Å². The van der Waals surface area contributed by atoms with E-state index in [1.807, 2.05) is 31.2 Å². The third kappa shape index (κ3) is 3.12. The minimum Gasteiger partial charge on any atom is -0.349 e. The summed E-state index contributed by atoms with van der Waals surface area (Å²) in [4.78, 5) is 20.1. The van der Waals surface area contributed by atoms with Gasteiger partial charge in [-0.1, -0.05) is 17.7 Å². The molecule has 2 N–H and O–H groups in total. The van der Waals surface area contributed by atoms with Crippen LogP contribution in [-0.4, -0.2) is 21.9 Å². The summed E-state index contributed by atoms with van der Waals surface area (Å²) >= 11 is 0. The lowest BCUT2D eigenvalue weighted by molar-refractivity contribution is 0.0950. The van der Waals surface area contributed by atoms with Gasteiger partial charge in [-0.3, -0.25) is 4.79 Å². The van der Waals surface area contributed by atoms with Crippen LogP contribution in [0.4, 0.5) is 11.6 Å². The highest BCUT2D eigenvalue weighted by molar-refractivity contribution is 5.94. The minimum absolute atomic E-state index is 0.102. The van der Waals surface area contributed by atoms with Gasteiger partial charge in [-0.2, -0.15) is 0 Å². The molecule has 1 heterocycles. The molecular formula is C15H16N4O. The zero-order chi connectivity index (χ0) is 13.9. The number of rotatable bonds is 4. The highest BCUT2D eigenvalue weighted by atomic mass is 16.1. The maximum atomic E-state index is 11.8. The van der Waals surface area contributed by atoms with Crippen molar-refractivity contribution in [1.82, 2.24) is 15.3 Å². The molecule has 5 heteroatoms. The van der Waals surface area contributed by atoms with Gasteiger partial charge in [-0.05, 0) is 31.9 Å². The molecule has 1 aromatic heterocycles. The smallest absolute Gasteiger partial charge is 0.254 e. The van der Waals surface area contributed by atoms with Crippen LogP contribution in [0.15, 0.2) is 36.7 Å². The van der Waals surface area contributed by atoms with Crippen LogP contribution in [0.5, 0.6) is 0 Å². The molecule has 0 atom stereocenters. The molecule has 1 aromatic carbocycles. The van der Waals surface area contributed by atoms with Gasteiger partial charge in [0.2, 0.25) is 5.95 Å². The summed E-state index contributed by atoms with van der Waals surface area (Å²) < 4.78 is 0. The molecule has 1 amide bonds. The normalized spacial score (nSPS) is 13.8. The summed E-state index contributed by atoms with van der Waals surface area (Å²) in [5, 5.41) is 6.00. The fourth-order valence-corrected chi connectivity index (χ4v) is 1.77. The third-order valence-electron chi connectivity index (χ3n) is 3.13. The number of amides is 1. The number of carbonyl (C=O) groups excluding carboxylic acids is 1. The van der Waals surface area contributed by atoms with Gasteiger partial charge in [0.25, 0.3) is 5.91 Å². The predicted molar refractivity (Wildman–Crippen MR) is 77.0 cm³/mol. The Balaban J connectivity index is 1.66. The Morgan fingerprint density at radius 2 is 1.80 bits per heavy atom. The molecule has 2 aromatic rings. The van der Waals surface area contributed by atoms with E-state index in [2.05, 4.69) is 20.6 Å². The van der Waals surface area contributed by atoms with E-state index in [1.165, 1.54) is 5.56 Å². The van der Waals surface area contributed by atoms with Crippen LogP contribution in [-0.2, 0) is 0 Å². The quantitative estimate of drug-likeness (QED) is 0.893. The molecule has 0 unspecified atom stereocenters. The zero-order valence-electron chi connectivity index (χ0n) is 11.3. The van der Waals surface area contributed by atoms with Crippen LogP contribution >= 0.6 is 0 Å². The van der Waals surface area contributed by atoms with E-state index in [9.17, 15) is 4.79 Å². The first-order valence-electron chi connectivity index (χ1n) is 6.67. The van der Waals surface area contributed by atoms with Crippen molar-refractivity contribution in [3.8, 4) is 0 Å². The number of hydrogen-bond acceptors (Lipinski definition) is 4. The molecule has 1 aliphatic rings. The van der Waals surface area contributed by atoms with Crippen molar-refractivity contribution in [1.29, 1.82) is 0 Å². The van der Waals surface area contributed by atoms with Crippen LogP contribution in [0.2, 0.25) is 0 Å². The summed E-state index contributed by atoms with van der Waals surface area (Å²) in [7, 11) is 0. The third-order valence-corrected chi connectivity index (χ3v) is 3.13. The number of carbonyl (C=O) groups is 1. The molecule has 102 valence electrons. The Kier molecular flexibility index (Phi) is 3.33. The van der Waals surface area contributed by atoms with Gasteiger partial charge in [0, 0.05) is 24.1 Å². The van der Waals surface area contributed by atoms with E-state index < -0.39 is 0 Å². The first-order chi connectivity index (χ1) is 9.70. The number of nitrogens with one attached hydrogen (secondary N) is 2. The van der Waals surface area contributed by atoms with E-state index in [0.29, 0.717) is 17.6 Å². The molecule has 0 aliphatic heterocycles. The van der Waals surface area contributed by atoms with Crippen LogP contribution < -0.4 is 10.6 Å². The maximum Gasteiger partial charge on any atom is 0.254 e.